The van der Waals surface area contributed by atoms with E-state index in [-0.39, 0.29) is 11.9 Å². The zero-order valence-electron chi connectivity index (χ0n) is 9.27. The quantitative estimate of drug-likeness (QED) is 0.696. The molecule has 0 spiro atoms. The van der Waals surface area contributed by atoms with Crippen LogP contribution in [0.5, 0.6) is 0 Å². The van der Waals surface area contributed by atoms with Gasteiger partial charge in [-0.2, -0.15) is 0 Å². The van der Waals surface area contributed by atoms with Gasteiger partial charge < -0.3 is 4.74 Å². The van der Waals surface area contributed by atoms with E-state index in [1.807, 2.05) is 32.0 Å². The first-order valence-corrected chi connectivity index (χ1v) is 5.30. The standard InChI is InChI=1S/C12H17NO2/c1-3-8-15-12(14)9-10(2)11-6-4-5-7-13-11/h4-7,10H,3,8-9H2,1-2H3. The van der Waals surface area contributed by atoms with E-state index >= 15 is 0 Å². The molecule has 0 saturated heterocycles. The highest BCUT2D eigenvalue weighted by atomic mass is 16.5. The van der Waals surface area contributed by atoms with Crippen molar-refractivity contribution in [2.75, 3.05) is 6.61 Å². The van der Waals surface area contributed by atoms with Crippen LogP contribution in [0.3, 0.4) is 0 Å². The summed E-state index contributed by atoms with van der Waals surface area (Å²) < 4.78 is 5.02. The monoisotopic (exact) mass is 207 g/mol. The van der Waals surface area contributed by atoms with Gasteiger partial charge in [-0.15, -0.1) is 0 Å². The second-order valence-corrected chi connectivity index (χ2v) is 3.58. The fourth-order valence-electron chi connectivity index (χ4n) is 1.30. The van der Waals surface area contributed by atoms with Crippen molar-refractivity contribution in [2.45, 2.75) is 32.6 Å². The number of hydrogen-bond acceptors (Lipinski definition) is 3. The molecule has 0 saturated carbocycles. The van der Waals surface area contributed by atoms with Crippen LogP contribution in [0.25, 0.3) is 0 Å². The van der Waals surface area contributed by atoms with Crippen molar-refractivity contribution in [2.24, 2.45) is 0 Å². The molecule has 1 unspecified atom stereocenters. The summed E-state index contributed by atoms with van der Waals surface area (Å²) in [5.41, 5.74) is 0.936. The van der Waals surface area contributed by atoms with E-state index in [0.29, 0.717) is 13.0 Å². The van der Waals surface area contributed by atoms with E-state index in [1.165, 1.54) is 0 Å². The number of pyridine rings is 1. The summed E-state index contributed by atoms with van der Waals surface area (Å²) in [5, 5.41) is 0. The molecule has 0 fully saturated rings. The van der Waals surface area contributed by atoms with Gasteiger partial charge in [0.1, 0.15) is 0 Å². The largest absolute Gasteiger partial charge is 0.466 e. The van der Waals surface area contributed by atoms with Crippen molar-refractivity contribution in [1.29, 1.82) is 0 Å². The summed E-state index contributed by atoms with van der Waals surface area (Å²) in [5.74, 6) is -0.0226. The Bertz CT molecular complexity index is 298. The molecule has 0 radical (unpaired) electrons. The lowest BCUT2D eigenvalue weighted by molar-refractivity contribution is -0.144. The molecule has 15 heavy (non-hydrogen) atoms. The topological polar surface area (TPSA) is 39.2 Å². The maximum Gasteiger partial charge on any atom is 0.306 e. The number of carbonyl (C=O) groups excluding carboxylic acids is 1. The van der Waals surface area contributed by atoms with Crippen LogP contribution < -0.4 is 0 Å². The highest BCUT2D eigenvalue weighted by Crippen LogP contribution is 2.16. The van der Waals surface area contributed by atoms with Gasteiger partial charge in [0.25, 0.3) is 0 Å². The average Bonchev–Trinajstić information content (AvgIpc) is 2.27. The first kappa shape index (κ1) is 11.7. The van der Waals surface area contributed by atoms with Crippen LogP contribution in [-0.4, -0.2) is 17.6 Å². The fraction of sp³-hybridized carbons (Fsp3) is 0.500. The summed E-state index contributed by atoms with van der Waals surface area (Å²) >= 11 is 0. The zero-order chi connectivity index (χ0) is 11.1. The SMILES string of the molecule is CCCOC(=O)CC(C)c1ccccn1. The molecule has 1 atom stereocenters. The molecular formula is C12H17NO2. The van der Waals surface area contributed by atoms with E-state index in [0.717, 1.165) is 12.1 Å². The Kier molecular flexibility index (Phi) is 4.81. The minimum atomic E-state index is -0.144. The molecule has 1 rings (SSSR count). The Labute approximate surface area is 90.5 Å². The Balaban J connectivity index is 2.42. The van der Waals surface area contributed by atoms with Crippen LogP contribution in [0.2, 0.25) is 0 Å². The molecule has 0 N–H and O–H groups in total. The van der Waals surface area contributed by atoms with Crippen LogP contribution in [0.1, 0.15) is 38.3 Å². The molecule has 0 aliphatic carbocycles. The third-order valence-electron chi connectivity index (χ3n) is 2.13. The normalized spacial score (nSPS) is 12.1. The van der Waals surface area contributed by atoms with Gasteiger partial charge >= 0.3 is 5.97 Å². The number of aromatic nitrogens is 1. The molecule has 3 nitrogen and oxygen atoms in total. The van der Waals surface area contributed by atoms with Gasteiger partial charge in [-0.3, -0.25) is 9.78 Å². The third kappa shape index (κ3) is 4.11. The highest BCUT2D eigenvalue weighted by molar-refractivity contribution is 5.70. The lowest BCUT2D eigenvalue weighted by atomic mass is 10.0. The van der Waals surface area contributed by atoms with Gasteiger partial charge in [-0.25, -0.2) is 0 Å². The van der Waals surface area contributed by atoms with Crippen LogP contribution >= 0.6 is 0 Å². The number of rotatable bonds is 5. The van der Waals surface area contributed by atoms with E-state index in [4.69, 9.17) is 4.74 Å². The Morgan fingerprint density at radius 3 is 2.93 bits per heavy atom. The van der Waals surface area contributed by atoms with Crippen LogP contribution in [-0.2, 0) is 9.53 Å². The van der Waals surface area contributed by atoms with Crippen LogP contribution in [0.15, 0.2) is 24.4 Å². The Morgan fingerprint density at radius 1 is 1.53 bits per heavy atom. The average molecular weight is 207 g/mol. The van der Waals surface area contributed by atoms with Crippen molar-refractivity contribution in [3.8, 4) is 0 Å². The maximum absolute atomic E-state index is 11.3. The lowest BCUT2D eigenvalue weighted by Crippen LogP contribution is -2.09. The van der Waals surface area contributed by atoms with E-state index in [2.05, 4.69) is 4.98 Å². The number of hydrogen-bond donors (Lipinski definition) is 0. The minimum Gasteiger partial charge on any atom is -0.466 e. The Hall–Kier alpha value is -1.38. The summed E-state index contributed by atoms with van der Waals surface area (Å²) in [6.45, 7) is 4.47. The van der Waals surface area contributed by atoms with Crippen molar-refractivity contribution in [1.82, 2.24) is 4.98 Å². The predicted octanol–water partition coefficient (Wildman–Crippen LogP) is 2.53. The molecule has 0 aliphatic rings. The zero-order valence-corrected chi connectivity index (χ0v) is 9.27. The van der Waals surface area contributed by atoms with Gasteiger partial charge in [0.05, 0.1) is 13.0 Å². The van der Waals surface area contributed by atoms with Gasteiger partial charge in [-0.05, 0) is 18.6 Å². The van der Waals surface area contributed by atoms with Crippen LogP contribution in [0.4, 0.5) is 0 Å². The molecule has 82 valence electrons. The van der Waals surface area contributed by atoms with Crippen molar-refractivity contribution in [3.05, 3.63) is 30.1 Å². The molecule has 0 bridgehead atoms. The van der Waals surface area contributed by atoms with E-state index in [9.17, 15) is 4.79 Å². The lowest BCUT2D eigenvalue weighted by Gasteiger charge is -2.09. The summed E-state index contributed by atoms with van der Waals surface area (Å²) in [7, 11) is 0. The van der Waals surface area contributed by atoms with Gasteiger partial charge in [0.15, 0.2) is 0 Å². The van der Waals surface area contributed by atoms with Crippen LogP contribution in [0, 0.1) is 0 Å². The fourth-order valence-corrected chi connectivity index (χ4v) is 1.30. The molecule has 1 aromatic heterocycles. The van der Waals surface area contributed by atoms with Gasteiger partial charge in [0, 0.05) is 17.8 Å². The maximum atomic E-state index is 11.3. The summed E-state index contributed by atoms with van der Waals surface area (Å²) in [6, 6.07) is 5.72. The number of esters is 1. The van der Waals surface area contributed by atoms with Crippen molar-refractivity contribution < 1.29 is 9.53 Å². The molecule has 1 aromatic rings. The first-order valence-electron chi connectivity index (χ1n) is 5.30. The highest BCUT2D eigenvalue weighted by Gasteiger charge is 2.12. The second kappa shape index (κ2) is 6.17. The number of nitrogens with zero attached hydrogens (tertiary/aromatic N) is 1. The van der Waals surface area contributed by atoms with Crippen molar-refractivity contribution in [3.63, 3.8) is 0 Å². The second-order valence-electron chi connectivity index (χ2n) is 3.58. The predicted molar refractivity (Wildman–Crippen MR) is 58.5 cm³/mol. The molecule has 1 heterocycles. The van der Waals surface area contributed by atoms with Crippen molar-refractivity contribution >= 4 is 5.97 Å². The molecule has 3 heteroatoms. The van der Waals surface area contributed by atoms with E-state index in [1.54, 1.807) is 6.20 Å². The first-order chi connectivity index (χ1) is 7.24. The molecular weight excluding hydrogens is 190 g/mol. The summed E-state index contributed by atoms with van der Waals surface area (Å²) in [4.78, 5) is 15.5. The van der Waals surface area contributed by atoms with Gasteiger partial charge in [-0.1, -0.05) is 19.9 Å². The Morgan fingerprint density at radius 2 is 2.33 bits per heavy atom. The number of ether oxygens (including phenoxy) is 1. The summed E-state index contributed by atoms with van der Waals surface area (Å²) in [6.07, 6.45) is 3.00. The molecule has 0 aromatic carbocycles. The molecule has 0 aliphatic heterocycles. The molecule has 0 amide bonds. The smallest absolute Gasteiger partial charge is 0.306 e. The minimum absolute atomic E-state index is 0.121. The third-order valence-corrected chi connectivity index (χ3v) is 2.13. The van der Waals surface area contributed by atoms with E-state index < -0.39 is 0 Å². The van der Waals surface area contributed by atoms with Gasteiger partial charge in [0.2, 0.25) is 0 Å². The number of carbonyl (C=O) groups is 1.